The Kier molecular flexibility index (Phi) is 7.99. The van der Waals surface area contributed by atoms with Crippen LogP contribution in [0, 0.1) is 0 Å². The lowest BCUT2D eigenvalue weighted by molar-refractivity contribution is -0.123. The number of carbonyl (C=O) groups is 2. The molecule has 33 heavy (non-hydrogen) atoms. The molecule has 1 atom stereocenters. The Hall–Kier alpha value is -1.62. The van der Waals surface area contributed by atoms with Crippen molar-refractivity contribution >= 4 is 39.3 Å². The van der Waals surface area contributed by atoms with Crippen molar-refractivity contribution in [1.29, 1.82) is 0 Å². The van der Waals surface area contributed by atoms with Gasteiger partial charge in [-0.15, -0.1) is 11.8 Å². The van der Waals surface area contributed by atoms with Crippen molar-refractivity contribution in [2.75, 3.05) is 49.9 Å². The fraction of sp³-hybridized carbons (Fsp3) is 0.652. The number of carbonyl (C=O) groups excluding carboxylic acids is 2. The van der Waals surface area contributed by atoms with Crippen LogP contribution in [0.15, 0.2) is 28.0 Å². The highest BCUT2D eigenvalue weighted by molar-refractivity contribution is 8.00. The molecule has 4 rings (SSSR count). The van der Waals surface area contributed by atoms with E-state index in [1.165, 1.54) is 40.2 Å². The van der Waals surface area contributed by atoms with Gasteiger partial charge >= 0.3 is 0 Å². The van der Waals surface area contributed by atoms with Gasteiger partial charge in [-0.3, -0.25) is 14.5 Å². The van der Waals surface area contributed by atoms with Gasteiger partial charge in [-0.2, -0.15) is 4.31 Å². The fourth-order valence-electron chi connectivity index (χ4n) is 4.80. The summed E-state index contributed by atoms with van der Waals surface area (Å²) in [7, 11) is -3.62. The number of thioether (sulfide) groups is 1. The van der Waals surface area contributed by atoms with Crippen LogP contribution in [0.3, 0.4) is 0 Å². The zero-order valence-corrected chi connectivity index (χ0v) is 20.9. The van der Waals surface area contributed by atoms with Crippen molar-refractivity contribution < 1.29 is 18.0 Å². The van der Waals surface area contributed by atoms with E-state index in [4.69, 9.17) is 0 Å². The molecule has 1 aromatic carbocycles. The molecule has 3 aliphatic rings. The number of fused-ring (bicyclic) bond motifs is 1. The predicted molar refractivity (Wildman–Crippen MR) is 130 cm³/mol. The first kappa shape index (κ1) is 24.5. The largest absolute Gasteiger partial charge is 0.353 e. The summed E-state index contributed by atoms with van der Waals surface area (Å²) in [6.07, 6.45) is 6.40. The number of hydrogen-bond acceptors (Lipinski definition) is 6. The average Bonchev–Trinajstić information content (AvgIpc) is 2.82. The van der Waals surface area contributed by atoms with Gasteiger partial charge < -0.3 is 10.2 Å². The maximum atomic E-state index is 13.1. The van der Waals surface area contributed by atoms with Gasteiger partial charge in [-0.05, 0) is 57.4 Å². The lowest BCUT2D eigenvalue weighted by Gasteiger charge is -2.33. The normalized spacial score (nSPS) is 22.8. The molecule has 2 fully saturated rings. The minimum Gasteiger partial charge on any atom is -0.353 e. The van der Waals surface area contributed by atoms with Crippen LogP contribution in [0.5, 0.6) is 0 Å². The van der Waals surface area contributed by atoms with Crippen molar-refractivity contribution in [3.63, 3.8) is 0 Å². The first-order chi connectivity index (χ1) is 15.9. The third-order valence-corrected chi connectivity index (χ3v) is 9.73. The van der Waals surface area contributed by atoms with Crippen LogP contribution < -0.4 is 10.2 Å². The van der Waals surface area contributed by atoms with Crippen LogP contribution in [-0.4, -0.2) is 80.5 Å². The van der Waals surface area contributed by atoms with Crippen LogP contribution in [-0.2, 0) is 19.6 Å². The highest BCUT2D eigenvalue weighted by atomic mass is 32.2. The smallest absolute Gasteiger partial charge is 0.243 e. The second-order valence-electron chi connectivity index (χ2n) is 9.09. The summed E-state index contributed by atoms with van der Waals surface area (Å²) >= 11 is 1.38. The first-order valence-corrected chi connectivity index (χ1v) is 14.4. The topological polar surface area (TPSA) is 90.0 Å². The number of piperidine rings is 2. The molecule has 0 unspecified atom stereocenters. The Labute approximate surface area is 201 Å². The van der Waals surface area contributed by atoms with E-state index in [1.807, 2.05) is 0 Å². The minimum absolute atomic E-state index is 0.102. The predicted octanol–water partition coefficient (Wildman–Crippen LogP) is 2.29. The summed E-state index contributed by atoms with van der Waals surface area (Å²) in [5.41, 5.74) is 0.508. The average molecular weight is 495 g/mol. The van der Waals surface area contributed by atoms with Crippen molar-refractivity contribution in [1.82, 2.24) is 14.5 Å². The molecule has 0 aliphatic carbocycles. The third-order valence-electron chi connectivity index (χ3n) is 6.79. The van der Waals surface area contributed by atoms with Crippen molar-refractivity contribution in [2.24, 2.45) is 0 Å². The Bertz CT molecular complexity index is 979. The molecule has 1 aromatic rings. The summed E-state index contributed by atoms with van der Waals surface area (Å²) in [6, 6.07) is 5.46. The van der Waals surface area contributed by atoms with Gasteiger partial charge in [0.15, 0.2) is 0 Å². The van der Waals surface area contributed by atoms with E-state index in [2.05, 4.69) is 17.1 Å². The molecule has 1 N–H and O–H groups in total. The van der Waals surface area contributed by atoms with Crippen LogP contribution >= 0.6 is 11.8 Å². The van der Waals surface area contributed by atoms with Crippen LogP contribution in [0.1, 0.15) is 45.4 Å². The number of nitrogens with one attached hydrogen (secondary N) is 1. The molecular formula is C23H34N4O4S2. The molecule has 0 aromatic heterocycles. The van der Waals surface area contributed by atoms with Gasteiger partial charge in [0.05, 0.1) is 16.3 Å². The maximum absolute atomic E-state index is 13.1. The Morgan fingerprint density at radius 2 is 1.88 bits per heavy atom. The van der Waals surface area contributed by atoms with Crippen molar-refractivity contribution in [3.05, 3.63) is 18.2 Å². The molecule has 0 spiro atoms. The number of nitrogens with zero attached hydrogens (tertiary/aromatic N) is 3. The van der Waals surface area contributed by atoms with Gasteiger partial charge in [0.25, 0.3) is 0 Å². The van der Waals surface area contributed by atoms with E-state index in [0.29, 0.717) is 31.4 Å². The molecular weight excluding hydrogens is 460 g/mol. The second kappa shape index (κ2) is 10.8. The monoisotopic (exact) mass is 494 g/mol. The van der Waals surface area contributed by atoms with E-state index in [-0.39, 0.29) is 29.0 Å². The van der Waals surface area contributed by atoms with Gasteiger partial charge in [0.1, 0.15) is 6.54 Å². The lowest BCUT2D eigenvalue weighted by Crippen LogP contribution is -2.46. The number of hydrogen-bond donors (Lipinski definition) is 1. The summed E-state index contributed by atoms with van der Waals surface area (Å²) in [5.74, 6) is -0.168. The summed E-state index contributed by atoms with van der Waals surface area (Å²) in [4.78, 5) is 30.2. The molecule has 182 valence electrons. The fourth-order valence-corrected chi connectivity index (χ4v) is 7.25. The Morgan fingerprint density at radius 3 is 2.64 bits per heavy atom. The number of likely N-dealkylation sites (tertiary alicyclic amines) is 1. The van der Waals surface area contributed by atoms with Crippen molar-refractivity contribution in [3.8, 4) is 0 Å². The highest BCUT2D eigenvalue weighted by Gasteiger charge is 2.31. The Morgan fingerprint density at radius 1 is 1.12 bits per heavy atom. The maximum Gasteiger partial charge on any atom is 0.243 e. The number of anilines is 1. The van der Waals surface area contributed by atoms with Crippen LogP contribution in [0.4, 0.5) is 5.69 Å². The molecule has 0 saturated carbocycles. The van der Waals surface area contributed by atoms with E-state index in [1.54, 1.807) is 18.2 Å². The lowest BCUT2D eigenvalue weighted by atomic mass is 10.0. The summed E-state index contributed by atoms with van der Waals surface area (Å²) in [6.45, 7) is 5.55. The standard InChI is InChI=1S/C23H34N4O4S2/c1-18-7-3-6-11-25(18)14-10-24-22(28)16-27-20-15-19(8-9-21(20)32-17-23(27)29)33(30,31)26-12-4-2-5-13-26/h8-9,15,18H,2-7,10-14,16-17H2,1H3,(H,24,28)/t18-/m1/s1. The molecule has 3 heterocycles. The molecule has 8 nitrogen and oxygen atoms in total. The molecule has 2 saturated heterocycles. The molecule has 3 aliphatic heterocycles. The minimum atomic E-state index is -3.62. The number of sulfonamides is 1. The van der Waals surface area contributed by atoms with E-state index < -0.39 is 10.0 Å². The zero-order chi connectivity index (χ0) is 23.4. The summed E-state index contributed by atoms with van der Waals surface area (Å²) < 4.78 is 27.8. The first-order valence-electron chi connectivity index (χ1n) is 11.9. The van der Waals surface area contributed by atoms with Crippen molar-refractivity contribution in [2.45, 2.75) is 61.3 Å². The molecule has 2 amide bonds. The summed E-state index contributed by atoms with van der Waals surface area (Å²) in [5, 5.41) is 2.94. The van der Waals surface area contributed by atoms with E-state index >= 15 is 0 Å². The SMILES string of the molecule is C[C@@H]1CCCCN1CCNC(=O)CN1C(=O)CSc2ccc(S(=O)(=O)N3CCCCC3)cc21. The molecule has 0 bridgehead atoms. The highest BCUT2D eigenvalue weighted by Crippen LogP contribution is 2.37. The van der Waals surface area contributed by atoms with Crippen LogP contribution in [0.2, 0.25) is 0 Å². The van der Waals surface area contributed by atoms with Gasteiger partial charge in [0.2, 0.25) is 21.8 Å². The van der Waals surface area contributed by atoms with Gasteiger partial charge in [0, 0.05) is 37.1 Å². The number of rotatable bonds is 7. The number of amides is 2. The van der Waals surface area contributed by atoms with E-state index in [9.17, 15) is 18.0 Å². The van der Waals surface area contributed by atoms with Crippen LogP contribution in [0.25, 0.3) is 0 Å². The van der Waals surface area contributed by atoms with Gasteiger partial charge in [-0.25, -0.2) is 8.42 Å². The quantitative estimate of drug-likeness (QED) is 0.626. The third kappa shape index (κ3) is 5.72. The van der Waals surface area contributed by atoms with Gasteiger partial charge in [-0.1, -0.05) is 12.8 Å². The Balaban J connectivity index is 1.43. The second-order valence-corrected chi connectivity index (χ2v) is 12.0. The molecule has 10 heteroatoms. The number of benzene rings is 1. The van der Waals surface area contributed by atoms with E-state index in [0.717, 1.165) is 37.2 Å². The zero-order valence-electron chi connectivity index (χ0n) is 19.3. The molecule has 0 radical (unpaired) electrons.